The van der Waals surface area contributed by atoms with Crippen molar-refractivity contribution in [3.05, 3.63) is 57.8 Å². The summed E-state index contributed by atoms with van der Waals surface area (Å²) in [5.41, 5.74) is 6.78. The number of nitrogens with one attached hydrogen (secondary N) is 1. The molecule has 0 atom stereocenters. The minimum absolute atomic E-state index is 0.0243. The van der Waals surface area contributed by atoms with E-state index in [2.05, 4.69) is 20.7 Å². The zero-order valence-corrected chi connectivity index (χ0v) is 13.6. The highest BCUT2D eigenvalue weighted by Gasteiger charge is 2.17. The first kappa shape index (κ1) is 15.9. The van der Waals surface area contributed by atoms with Crippen molar-refractivity contribution < 1.29 is 12.8 Å². The highest BCUT2D eigenvalue weighted by atomic mass is 79.9. The summed E-state index contributed by atoms with van der Waals surface area (Å²) in [4.78, 5) is -0.0243. The van der Waals surface area contributed by atoms with Gasteiger partial charge in [-0.25, -0.2) is 12.8 Å². The maximum Gasteiger partial charge on any atom is 0.261 e. The van der Waals surface area contributed by atoms with Gasteiger partial charge in [-0.15, -0.1) is 0 Å². The normalized spacial score (nSPS) is 11.4. The van der Waals surface area contributed by atoms with Crippen molar-refractivity contribution in [1.82, 2.24) is 0 Å². The van der Waals surface area contributed by atoms with Crippen molar-refractivity contribution in [2.45, 2.75) is 18.4 Å². The molecule has 0 bridgehead atoms. The van der Waals surface area contributed by atoms with E-state index < -0.39 is 15.8 Å². The minimum atomic E-state index is -3.79. The molecule has 0 heterocycles. The molecule has 2 aromatic rings. The highest BCUT2D eigenvalue weighted by molar-refractivity contribution is 9.10. The molecule has 0 aromatic heterocycles. The van der Waals surface area contributed by atoms with Crippen LogP contribution in [-0.2, 0) is 16.6 Å². The Morgan fingerprint density at radius 1 is 1.29 bits per heavy atom. The summed E-state index contributed by atoms with van der Waals surface area (Å²) in [5, 5.41) is 0. The van der Waals surface area contributed by atoms with Gasteiger partial charge in [0.1, 0.15) is 5.82 Å². The molecule has 0 amide bonds. The molecule has 0 saturated carbocycles. The summed E-state index contributed by atoms with van der Waals surface area (Å²) >= 11 is 3.34. The molecule has 0 spiro atoms. The second-order valence-corrected chi connectivity index (χ2v) is 7.01. The molecule has 7 heteroatoms. The van der Waals surface area contributed by atoms with Crippen LogP contribution in [0.15, 0.2) is 45.8 Å². The second-order valence-electron chi connectivity index (χ2n) is 4.48. The average molecular weight is 373 g/mol. The fraction of sp³-hybridized carbons (Fsp3) is 0.143. The lowest BCUT2D eigenvalue weighted by molar-refractivity contribution is 0.596. The topological polar surface area (TPSA) is 72.2 Å². The van der Waals surface area contributed by atoms with Gasteiger partial charge in [-0.1, -0.05) is 22.0 Å². The fourth-order valence-corrected chi connectivity index (χ4v) is 3.34. The SMILES string of the molecule is Cc1c(Br)cccc1NS(=O)(=O)c1ccc(F)c(CN)c1. The number of benzene rings is 2. The van der Waals surface area contributed by atoms with Crippen molar-refractivity contribution in [2.75, 3.05) is 4.72 Å². The summed E-state index contributed by atoms with van der Waals surface area (Å²) in [6.07, 6.45) is 0. The summed E-state index contributed by atoms with van der Waals surface area (Å²) in [6, 6.07) is 8.76. The van der Waals surface area contributed by atoms with Gasteiger partial charge in [-0.2, -0.15) is 0 Å². The van der Waals surface area contributed by atoms with Crippen LogP contribution in [0.5, 0.6) is 0 Å². The minimum Gasteiger partial charge on any atom is -0.326 e. The molecular weight excluding hydrogens is 359 g/mol. The van der Waals surface area contributed by atoms with E-state index in [0.29, 0.717) is 5.69 Å². The molecular formula is C14H14BrFN2O2S. The molecule has 0 fully saturated rings. The molecule has 0 saturated heterocycles. The average Bonchev–Trinajstić information content (AvgIpc) is 2.44. The Bertz CT molecular complexity index is 779. The zero-order chi connectivity index (χ0) is 15.6. The van der Waals surface area contributed by atoms with Gasteiger partial charge in [0.25, 0.3) is 10.0 Å². The number of hydrogen-bond acceptors (Lipinski definition) is 3. The van der Waals surface area contributed by atoms with E-state index >= 15 is 0 Å². The molecule has 0 aliphatic rings. The molecule has 21 heavy (non-hydrogen) atoms. The Morgan fingerprint density at radius 3 is 2.67 bits per heavy atom. The standard InChI is InChI=1S/C14H14BrFN2O2S/c1-9-12(15)3-2-4-14(9)18-21(19,20)11-5-6-13(16)10(7-11)8-17/h2-7,18H,8,17H2,1H3. The monoisotopic (exact) mass is 372 g/mol. The lowest BCUT2D eigenvalue weighted by Gasteiger charge is -2.12. The molecule has 0 aliphatic carbocycles. The first-order valence-corrected chi connectivity index (χ1v) is 8.39. The van der Waals surface area contributed by atoms with E-state index in [1.54, 1.807) is 19.1 Å². The quantitative estimate of drug-likeness (QED) is 0.865. The fourth-order valence-electron chi connectivity index (χ4n) is 1.80. The predicted molar refractivity (Wildman–Crippen MR) is 84.0 cm³/mol. The first-order chi connectivity index (χ1) is 9.85. The Hall–Kier alpha value is -1.44. The van der Waals surface area contributed by atoms with Crippen LogP contribution >= 0.6 is 15.9 Å². The van der Waals surface area contributed by atoms with Crippen LogP contribution < -0.4 is 10.5 Å². The van der Waals surface area contributed by atoms with E-state index in [-0.39, 0.29) is 17.0 Å². The maximum absolute atomic E-state index is 13.4. The van der Waals surface area contributed by atoms with Gasteiger partial charge in [-0.05, 0) is 42.8 Å². The molecule has 0 aliphatic heterocycles. The second kappa shape index (κ2) is 6.13. The molecule has 4 nitrogen and oxygen atoms in total. The molecule has 2 rings (SSSR count). The molecule has 0 unspecified atom stereocenters. The van der Waals surface area contributed by atoms with Crippen molar-refractivity contribution >= 4 is 31.6 Å². The number of sulfonamides is 1. The van der Waals surface area contributed by atoms with Gasteiger partial charge >= 0.3 is 0 Å². The maximum atomic E-state index is 13.4. The van der Waals surface area contributed by atoms with Crippen LogP contribution in [0.25, 0.3) is 0 Å². The van der Waals surface area contributed by atoms with Crippen LogP contribution in [0, 0.1) is 12.7 Å². The predicted octanol–water partition coefficient (Wildman–Crippen LogP) is 3.16. The van der Waals surface area contributed by atoms with E-state index in [9.17, 15) is 12.8 Å². The van der Waals surface area contributed by atoms with Gasteiger partial charge in [0, 0.05) is 16.6 Å². The zero-order valence-electron chi connectivity index (χ0n) is 11.2. The third kappa shape index (κ3) is 3.42. The Balaban J connectivity index is 2.41. The smallest absolute Gasteiger partial charge is 0.261 e. The Kier molecular flexibility index (Phi) is 4.65. The lowest BCUT2D eigenvalue weighted by atomic mass is 10.2. The third-order valence-electron chi connectivity index (χ3n) is 3.06. The van der Waals surface area contributed by atoms with Gasteiger partial charge < -0.3 is 5.73 Å². The van der Waals surface area contributed by atoms with Gasteiger partial charge in [0.2, 0.25) is 0 Å². The van der Waals surface area contributed by atoms with Crippen molar-refractivity contribution in [2.24, 2.45) is 5.73 Å². The van der Waals surface area contributed by atoms with Crippen molar-refractivity contribution in [1.29, 1.82) is 0 Å². The van der Waals surface area contributed by atoms with E-state index in [1.807, 2.05) is 6.07 Å². The number of anilines is 1. The molecule has 3 N–H and O–H groups in total. The lowest BCUT2D eigenvalue weighted by Crippen LogP contribution is -2.15. The van der Waals surface area contributed by atoms with E-state index in [1.165, 1.54) is 12.1 Å². The Morgan fingerprint density at radius 2 is 2.00 bits per heavy atom. The number of hydrogen-bond donors (Lipinski definition) is 2. The molecule has 0 radical (unpaired) electrons. The van der Waals surface area contributed by atoms with Crippen LogP contribution in [0.2, 0.25) is 0 Å². The Labute approximate surface area is 131 Å². The molecule has 2 aromatic carbocycles. The van der Waals surface area contributed by atoms with E-state index in [4.69, 9.17) is 5.73 Å². The van der Waals surface area contributed by atoms with Gasteiger partial charge in [0.05, 0.1) is 10.6 Å². The van der Waals surface area contributed by atoms with Crippen molar-refractivity contribution in [3.8, 4) is 0 Å². The largest absolute Gasteiger partial charge is 0.326 e. The van der Waals surface area contributed by atoms with Crippen molar-refractivity contribution in [3.63, 3.8) is 0 Å². The van der Waals surface area contributed by atoms with Gasteiger partial charge in [-0.3, -0.25) is 4.72 Å². The summed E-state index contributed by atoms with van der Waals surface area (Å²) in [7, 11) is -3.79. The third-order valence-corrected chi connectivity index (χ3v) is 5.28. The first-order valence-electron chi connectivity index (χ1n) is 6.11. The number of halogens is 2. The summed E-state index contributed by atoms with van der Waals surface area (Å²) in [6.45, 7) is 1.73. The number of rotatable bonds is 4. The molecule has 112 valence electrons. The van der Waals surface area contributed by atoms with Crippen LogP contribution in [-0.4, -0.2) is 8.42 Å². The van der Waals surface area contributed by atoms with Crippen LogP contribution in [0.1, 0.15) is 11.1 Å². The summed E-state index contributed by atoms with van der Waals surface area (Å²) in [5.74, 6) is -0.518. The summed E-state index contributed by atoms with van der Waals surface area (Å²) < 4.78 is 41.4. The van der Waals surface area contributed by atoms with Crippen LogP contribution in [0.3, 0.4) is 0 Å². The van der Waals surface area contributed by atoms with E-state index in [0.717, 1.165) is 16.1 Å². The number of nitrogens with two attached hydrogens (primary N) is 1. The highest BCUT2D eigenvalue weighted by Crippen LogP contribution is 2.26. The van der Waals surface area contributed by atoms with Crippen LogP contribution in [0.4, 0.5) is 10.1 Å². The van der Waals surface area contributed by atoms with Gasteiger partial charge in [0.15, 0.2) is 0 Å².